The van der Waals surface area contributed by atoms with Gasteiger partial charge in [-0.15, -0.1) is 5.10 Å². The highest BCUT2D eigenvalue weighted by Gasteiger charge is 2.12. The van der Waals surface area contributed by atoms with Gasteiger partial charge in [-0.05, 0) is 65.0 Å². The van der Waals surface area contributed by atoms with Crippen LogP contribution in [-0.2, 0) is 0 Å². The number of nitrogens with zero attached hydrogens (tertiary/aromatic N) is 5. The van der Waals surface area contributed by atoms with Gasteiger partial charge in [0, 0.05) is 23.7 Å². The molecular weight excluding hydrogens is 376 g/mol. The fourth-order valence-electron chi connectivity index (χ4n) is 2.93. The van der Waals surface area contributed by atoms with Crippen molar-refractivity contribution in [2.45, 2.75) is 13.8 Å². The summed E-state index contributed by atoms with van der Waals surface area (Å²) in [6.07, 6.45) is 1.50. The van der Waals surface area contributed by atoms with Gasteiger partial charge in [-0.2, -0.15) is 0 Å². The summed E-state index contributed by atoms with van der Waals surface area (Å²) in [6.45, 7) is 7.55. The number of carbonyl (C=O) groups is 1. The predicted molar refractivity (Wildman–Crippen MR) is 110 cm³/mol. The Kier molecular flexibility index (Phi) is 6.73. The molecule has 0 bridgehead atoms. The molecule has 1 N–H and O–H groups in total. The average Bonchev–Trinajstić information content (AvgIpc) is 3.26. The van der Waals surface area contributed by atoms with Gasteiger partial charge >= 0.3 is 0 Å². The van der Waals surface area contributed by atoms with Crippen molar-refractivity contribution in [2.24, 2.45) is 0 Å². The lowest BCUT2D eigenvalue weighted by molar-refractivity contribution is 0.0949. The number of hydrogen-bond acceptors (Lipinski definition) is 5. The van der Waals surface area contributed by atoms with Crippen LogP contribution < -0.4 is 5.32 Å². The normalized spacial score (nSPS) is 11.0. The SMILES string of the molecule is CCN(CC)CCNC(=O)c1cc(-c2ccc(Cl)cc2)cc(-n2cnnn2)c1. The molecule has 146 valence electrons. The van der Waals surface area contributed by atoms with E-state index in [1.165, 1.54) is 11.0 Å². The molecule has 0 atom stereocenters. The Balaban J connectivity index is 1.87. The summed E-state index contributed by atoms with van der Waals surface area (Å²) in [7, 11) is 0. The summed E-state index contributed by atoms with van der Waals surface area (Å²) in [6, 6.07) is 13.1. The van der Waals surface area contributed by atoms with Crippen LogP contribution in [0.2, 0.25) is 5.02 Å². The van der Waals surface area contributed by atoms with Crippen LogP contribution in [0.15, 0.2) is 48.8 Å². The van der Waals surface area contributed by atoms with E-state index >= 15 is 0 Å². The fraction of sp³-hybridized carbons (Fsp3) is 0.300. The number of benzene rings is 2. The molecule has 8 heteroatoms. The number of likely N-dealkylation sites (N-methyl/N-ethyl adjacent to an activating group) is 1. The first-order chi connectivity index (χ1) is 13.6. The zero-order chi connectivity index (χ0) is 19.9. The van der Waals surface area contributed by atoms with E-state index in [0.717, 1.165) is 30.8 Å². The molecule has 7 nitrogen and oxygen atoms in total. The van der Waals surface area contributed by atoms with Crippen molar-refractivity contribution >= 4 is 17.5 Å². The minimum Gasteiger partial charge on any atom is -0.351 e. The quantitative estimate of drug-likeness (QED) is 0.631. The van der Waals surface area contributed by atoms with Crippen molar-refractivity contribution in [2.75, 3.05) is 26.2 Å². The first kappa shape index (κ1) is 20.0. The van der Waals surface area contributed by atoms with Crippen molar-refractivity contribution in [3.8, 4) is 16.8 Å². The van der Waals surface area contributed by atoms with E-state index in [2.05, 4.69) is 39.6 Å². The van der Waals surface area contributed by atoms with Crippen LogP contribution >= 0.6 is 11.6 Å². The standard InChI is InChI=1S/C20H23ClN6O/c1-3-26(4-2)10-9-22-20(28)17-11-16(15-5-7-18(21)8-6-15)12-19(13-17)27-14-23-24-25-27/h5-8,11-14H,3-4,9-10H2,1-2H3,(H,22,28). The Morgan fingerprint density at radius 1 is 1.11 bits per heavy atom. The molecular formula is C20H23ClN6O. The summed E-state index contributed by atoms with van der Waals surface area (Å²) in [5, 5.41) is 15.0. The molecule has 0 saturated carbocycles. The van der Waals surface area contributed by atoms with Crippen molar-refractivity contribution < 1.29 is 4.79 Å². The largest absolute Gasteiger partial charge is 0.351 e. The molecule has 0 fully saturated rings. The van der Waals surface area contributed by atoms with E-state index < -0.39 is 0 Å². The number of tetrazole rings is 1. The summed E-state index contributed by atoms with van der Waals surface area (Å²) in [5.41, 5.74) is 3.11. The molecule has 28 heavy (non-hydrogen) atoms. The Labute approximate surface area is 169 Å². The number of amides is 1. The Morgan fingerprint density at radius 2 is 1.86 bits per heavy atom. The number of rotatable bonds is 8. The van der Waals surface area contributed by atoms with Crippen LogP contribution in [0.4, 0.5) is 0 Å². The average molecular weight is 399 g/mol. The first-order valence-electron chi connectivity index (χ1n) is 9.25. The second-order valence-electron chi connectivity index (χ2n) is 6.31. The summed E-state index contributed by atoms with van der Waals surface area (Å²) in [5.74, 6) is -0.128. The van der Waals surface area contributed by atoms with Crippen LogP contribution in [0, 0.1) is 0 Å². The third-order valence-electron chi connectivity index (χ3n) is 4.58. The molecule has 3 aromatic rings. The summed E-state index contributed by atoms with van der Waals surface area (Å²) in [4.78, 5) is 15.0. The lowest BCUT2D eigenvalue weighted by atomic mass is 10.0. The van der Waals surface area contributed by atoms with E-state index in [0.29, 0.717) is 22.8 Å². The third-order valence-corrected chi connectivity index (χ3v) is 4.83. The lowest BCUT2D eigenvalue weighted by Crippen LogP contribution is -2.34. The van der Waals surface area contributed by atoms with Crippen LogP contribution in [0.5, 0.6) is 0 Å². The second-order valence-corrected chi connectivity index (χ2v) is 6.75. The summed E-state index contributed by atoms with van der Waals surface area (Å²) < 4.78 is 1.53. The van der Waals surface area contributed by atoms with Gasteiger partial charge in [-0.25, -0.2) is 4.68 Å². The monoisotopic (exact) mass is 398 g/mol. The van der Waals surface area contributed by atoms with Crippen molar-refractivity contribution in [1.29, 1.82) is 0 Å². The molecule has 3 rings (SSSR count). The number of nitrogens with one attached hydrogen (secondary N) is 1. The Hall–Kier alpha value is -2.77. The molecule has 1 amide bonds. The first-order valence-corrected chi connectivity index (χ1v) is 9.63. The molecule has 0 saturated heterocycles. The second kappa shape index (κ2) is 9.43. The van der Waals surface area contributed by atoms with Gasteiger partial charge in [-0.3, -0.25) is 4.79 Å². The van der Waals surface area contributed by atoms with E-state index in [1.807, 2.05) is 36.4 Å². The van der Waals surface area contributed by atoms with Crippen LogP contribution in [0.3, 0.4) is 0 Å². The van der Waals surface area contributed by atoms with Gasteiger partial charge in [0.05, 0.1) is 5.69 Å². The Morgan fingerprint density at radius 3 is 2.50 bits per heavy atom. The van der Waals surface area contributed by atoms with Crippen molar-refractivity contribution in [3.05, 3.63) is 59.4 Å². The van der Waals surface area contributed by atoms with Crippen LogP contribution in [0.1, 0.15) is 24.2 Å². The maximum Gasteiger partial charge on any atom is 0.251 e. The molecule has 1 heterocycles. The number of carbonyl (C=O) groups excluding carboxylic acids is 1. The predicted octanol–water partition coefficient (Wildman–Crippen LogP) is 3.05. The minimum atomic E-state index is -0.128. The fourth-order valence-corrected chi connectivity index (χ4v) is 3.06. The van der Waals surface area contributed by atoms with E-state index in [1.54, 1.807) is 6.07 Å². The van der Waals surface area contributed by atoms with E-state index in [4.69, 9.17) is 11.6 Å². The number of halogens is 1. The van der Waals surface area contributed by atoms with Gasteiger partial charge in [0.2, 0.25) is 0 Å². The molecule has 0 radical (unpaired) electrons. The maximum atomic E-state index is 12.8. The van der Waals surface area contributed by atoms with Crippen LogP contribution in [-0.4, -0.2) is 57.2 Å². The molecule has 0 aliphatic heterocycles. The summed E-state index contributed by atoms with van der Waals surface area (Å²) >= 11 is 6.00. The molecule has 2 aromatic carbocycles. The van der Waals surface area contributed by atoms with Crippen LogP contribution in [0.25, 0.3) is 16.8 Å². The van der Waals surface area contributed by atoms with Gasteiger partial charge in [0.25, 0.3) is 5.91 Å². The topological polar surface area (TPSA) is 75.9 Å². The highest BCUT2D eigenvalue weighted by molar-refractivity contribution is 6.30. The highest BCUT2D eigenvalue weighted by Crippen LogP contribution is 2.25. The molecule has 0 aliphatic rings. The van der Waals surface area contributed by atoms with E-state index in [9.17, 15) is 4.79 Å². The smallest absolute Gasteiger partial charge is 0.251 e. The molecule has 0 unspecified atom stereocenters. The van der Waals surface area contributed by atoms with E-state index in [-0.39, 0.29) is 5.91 Å². The Bertz CT molecular complexity index is 907. The number of aromatic nitrogens is 4. The third kappa shape index (κ3) is 4.94. The lowest BCUT2D eigenvalue weighted by Gasteiger charge is -2.18. The molecule has 0 aliphatic carbocycles. The van der Waals surface area contributed by atoms with Gasteiger partial charge in [0.1, 0.15) is 6.33 Å². The highest BCUT2D eigenvalue weighted by atomic mass is 35.5. The maximum absolute atomic E-state index is 12.8. The molecule has 0 spiro atoms. The zero-order valence-corrected chi connectivity index (χ0v) is 16.7. The number of hydrogen-bond donors (Lipinski definition) is 1. The van der Waals surface area contributed by atoms with Gasteiger partial charge < -0.3 is 10.2 Å². The van der Waals surface area contributed by atoms with Gasteiger partial charge in [0.15, 0.2) is 0 Å². The van der Waals surface area contributed by atoms with Crippen molar-refractivity contribution in [1.82, 2.24) is 30.4 Å². The van der Waals surface area contributed by atoms with Crippen molar-refractivity contribution in [3.63, 3.8) is 0 Å². The molecule has 1 aromatic heterocycles. The zero-order valence-electron chi connectivity index (χ0n) is 16.0. The van der Waals surface area contributed by atoms with Gasteiger partial charge in [-0.1, -0.05) is 37.6 Å². The minimum absolute atomic E-state index is 0.128.